The van der Waals surface area contributed by atoms with Crippen molar-refractivity contribution in [1.82, 2.24) is 0 Å². The minimum atomic E-state index is -2.36. The molecule has 0 aliphatic heterocycles. The van der Waals surface area contributed by atoms with Gasteiger partial charge in [-0.1, -0.05) is 6.42 Å². The number of benzene rings is 1. The van der Waals surface area contributed by atoms with Gasteiger partial charge < -0.3 is 10.1 Å². The van der Waals surface area contributed by atoms with E-state index in [-0.39, 0.29) is 10.6 Å². The monoisotopic (exact) mass is 419 g/mol. The Balaban J connectivity index is 2.06. The number of ether oxygens (including phenoxy) is 1. The number of methoxy groups -OCH3 is 1. The first-order valence-corrected chi connectivity index (χ1v) is 9.15. The fourth-order valence-electron chi connectivity index (χ4n) is 3.12. The second-order valence-electron chi connectivity index (χ2n) is 6.16. The van der Waals surface area contributed by atoms with Gasteiger partial charge in [-0.2, -0.15) is 0 Å². The van der Waals surface area contributed by atoms with Crippen LogP contribution in [0.3, 0.4) is 0 Å². The van der Waals surface area contributed by atoms with Crippen molar-refractivity contribution in [3.05, 3.63) is 50.7 Å². The summed E-state index contributed by atoms with van der Waals surface area (Å²) >= 11 is 1.03. The van der Waals surface area contributed by atoms with Gasteiger partial charge in [0.2, 0.25) is 5.82 Å². The molecule has 0 saturated carbocycles. The highest BCUT2D eigenvalue weighted by molar-refractivity contribution is 7.17. The van der Waals surface area contributed by atoms with Gasteiger partial charge in [-0.25, -0.2) is 26.7 Å². The Morgan fingerprint density at radius 3 is 2.04 bits per heavy atom. The number of carbonyl (C=O) groups excluding carboxylic acids is 2. The molecule has 10 heteroatoms. The van der Waals surface area contributed by atoms with E-state index in [4.69, 9.17) is 4.74 Å². The van der Waals surface area contributed by atoms with E-state index >= 15 is 0 Å². The van der Waals surface area contributed by atoms with Crippen molar-refractivity contribution in [2.24, 2.45) is 0 Å². The maximum absolute atomic E-state index is 13.9. The number of rotatable bonds is 3. The Labute approximate surface area is 160 Å². The molecule has 1 aromatic carbocycles. The smallest absolute Gasteiger partial charge is 0.341 e. The molecule has 2 aromatic rings. The Morgan fingerprint density at radius 1 is 0.857 bits per heavy atom. The van der Waals surface area contributed by atoms with Crippen molar-refractivity contribution in [3.8, 4) is 0 Å². The molecular formula is C18H14F5NO3S. The lowest BCUT2D eigenvalue weighted by Crippen LogP contribution is -2.20. The lowest BCUT2D eigenvalue weighted by Gasteiger charge is -2.10. The second kappa shape index (κ2) is 7.86. The summed E-state index contributed by atoms with van der Waals surface area (Å²) in [7, 11) is 1.14. The van der Waals surface area contributed by atoms with E-state index < -0.39 is 46.5 Å². The van der Waals surface area contributed by atoms with Crippen LogP contribution in [-0.4, -0.2) is 19.0 Å². The molecule has 0 bridgehead atoms. The van der Waals surface area contributed by atoms with Crippen LogP contribution in [0.5, 0.6) is 0 Å². The SMILES string of the molecule is COC(=O)c1c(NC(=O)c2c(F)c(F)c(F)c(F)c2F)sc2c1CCCCC2. The molecule has 0 fully saturated rings. The summed E-state index contributed by atoms with van der Waals surface area (Å²) in [5.41, 5.74) is -0.903. The number of amides is 1. The molecule has 1 aliphatic carbocycles. The molecule has 0 radical (unpaired) electrons. The second-order valence-corrected chi connectivity index (χ2v) is 7.26. The summed E-state index contributed by atoms with van der Waals surface area (Å²) in [5, 5.41) is 2.07. The lowest BCUT2D eigenvalue weighted by molar-refractivity contribution is 0.0601. The zero-order valence-electron chi connectivity index (χ0n) is 14.6. The van der Waals surface area contributed by atoms with E-state index in [9.17, 15) is 31.5 Å². The number of esters is 1. The van der Waals surface area contributed by atoms with Gasteiger partial charge in [0.05, 0.1) is 12.7 Å². The topological polar surface area (TPSA) is 55.4 Å². The Morgan fingerprint density at radius 2 is 1.43 bits per heavy atom. The molecule has 1 amide bonds. The van der Waals surface area contributed by atoms with E-state index in [1.807, 2.05) is 0 Å². The van der Waals surface area contributed by atoms with Crippen LogP contribution in [0.4, 0.5) is 27.0 Å². The maximum atomic E-state index is 13.9. The zero-order chi connectivity index (χ0) is 20.6. The van der Waals surface area contributed by atoms with Crippen LogP contribution < -0.4 is 5.32 Å². The average Bonchev–Trinajstić information content (AvgIpc) is 2.84. The Hall–Kier alpha value is -2.49. The number of hydrogen-bond donors (Lipinski definition) is 1. The summed E-state index contributed by atoms with van der Waals surface area (Å²) in [6.45, 7) is 0. The van der Waals surface area contributed by atoms with Crippen molar-refractivity contribution in [3.63, 3.8) is 0 Å². The largest absolute Gasteiger partial charge is 0.465 e. The standard InChI is InChI=1S/C18H14F5NO3S/c1-27-18(26)9-7-5-3-2-4-6-8(7)28-17(9)24-16(25)10-11(19)13(21)15(23)14(22)12(10)20/h2-6H2,1H3,(H,24,25). The van der Waals surface area contributed by atoms with Gasteiger partial charge in [-0.05, 0) is 31.2 Å². The Kier molecular flexibility index (Phi) is 5.69. The highest BCUT2D eigenvalue weighted by Gasteiger charge is 2.32. The van der Waals surface area contributed by atoms with E-state index in [0.29, 0.717) is 18.4 Å². The van der Waals surface area contributed by atoms with Crippen molar-refractivity contribution in [1.29, 1.82) is 0 Å². The number of thiophene rings is 1. The molecule has 0 unspecified atom stereocenters. The van der Waals surface area contributed by atoms with Crippen molar-refractivity contribution >= 4 is 28.2 Å². The Bertz CT molecular complexity index is 944. The molecule has 0 saturated heterocycles. The number of nitrogens with one attached hydrogen (secondary N) is 1. The molecule has 1 heterocycles. The fraction of sp³-hybridized carbons (Fsp3) is 0.333. The van der Waals surface area contributed by atoms with Gasteiger partial charge in [0, 0.05) is 4.88 Å². The number of hydrogen-bond acceptors (Lipinski definition) is 4. The summed E-state index contributed by atoms with van der Waals surface area (Å²) in [4.78, 5) is 25.3. The van der Waals surface area contributed by atoms with E-state index in [0.717, 1.165) is 42.6 Å². The number of fused-ring (bicyclic) bond motifs is 1. The predicted molar refractivity (Wildman–Crippen MR) is 91.1 cm³/mol. The molecule has 1 N–H and O–H groups in total. The minimum absolute atomic E-state index is 0.0432. The van der Waals surface area contributed by atoms with Crippen LogP contribution in [0.25, 0.3) is 0 Å². The lowest BCUT2D eigenvalue weighted by atomic mass is 10.1. The summed E-state index contributed by atoms with van der Waals surface area (Å²) in [6, 6.07) is 0. The normalized spacial score (nSPS) is 13.6. The van der Waals surface area contributed by atoms with Crippen molar-refractivity contribution in [2.75, 3.05) is 12.4 Å². The molecule has 1 aliphatic rings. The molecule has 150 valence electrons. The third-order valence-corrected chi connectivity index (χ3v) is 5.68. The van der Waals surface area contributed by atoms with Gasteiger partial charge >= 0.3 is 5.97 Å². The number of aryl methyl sites for hydroxylation is 1. The third kappa shape index (κ3) is 3.36. The van der Waals surface area contributed by atoms with Crippen LogP contribution in [0, 0.1) is 29.1 Å². The van der Waals surface area contributed by atoms with Crippen LogP contribution in [-0.2, 0) is 17.6 Å². The fourth-order valence-corrected chi connectivity index (χ4v) is 4.39. The molecule has 0 spiro atoms. The van der Waals surface area contributed by atoms with Gasteiger partial charge in [0.25, 0.3) is 5.91 Å². The van der Waals surface area contributed by atoms with E-state index in [2.05, 4.69) is 5.32 Å². The van der Waals surface area contributed by atoms with Crippen molar-refractivity contribution < 1.29 is 36.3 Å². The van der Waals surface area contributed by atoms with Gasteiger partial charge in [0.1, 0.15) is 10.6 Å². The van der Waals surface area contributed by atoms with Crippen LogP contribution in [0.2, 0.25) is 0 Å². The third-order valence-electron chi connectivity index (χ3n) is 4.47. The van der Waals surface area contributed by atoms with Crippen LogP contribution in [0.15, 0.2) is 0 Å². The molecule has 0 atom stereocenters. The van der Waals surface area contributed by atoms with E-state index in [1.165, 1.54) is 0 Å². The number of anilines is 1. The molecule has 4 nitrogen and oxygen atoms in total. The number of carbonyl (C=O) groups is 2. The zero-order valence-corrected chi connectivity index (χ0v) is 15.4. The molecular weight excluding hydrogens is 405 g/mol. The molecule has 3 rings (SSSR count). The summed E-state index contributed by atoms with van der Waals surface area (Å²) in [5.74, 6) is -13.6. The van der Waals surface area contributed by atoms with E-state index in [1.54, 1.807) is 0 Å². The highest BCUT2D eigenvalue weighted by atomic mass is 32.1. The number of halogens is 5. The molecule has 1 aromatic heterocycles. The maximum Gasteiger partial charge on any atom is 0.341 e. The summed E-state index contributed by atoms with van der Waals surface area (Å²) in [6.07, 6.45) is 3.81. The summed E-state index contributed by atoms with van der Waals surface area (Å²) < 4.78 is 72.5. The van der Waals surface area contributed by atoms with Gasteiger partial charge in [0.15, 0.2) is 23.3 Å². The first-order chi connectivity index (χ1) is 13.3. The predicted octanol–water partition coefficient (Wildman–Crippen LogP) is 4.75. The minimum Gasteiger partial charge on any atom is -0.465 e. The molecule has 28 heavy (non-hydrogen) atoms. The van der Waals surface area contributed by atoms with Gasteiger partial charge in [-0.3, -0.25) is 4.79 Å². The van der Waals surface area contributed by atoms with Crippen molar-refractivity contribution in [2.45, 2.75) is 32.1 Å². The first kappa shape index (κ1) is 20.2. The quantitative estimate of drug-likeness (QED) is 0.257. The first-order valence-electron chi connectivity index (χ1n) is 8.33. The highest BCUT2D eigenvalue weighted by Crippen LogP contribution is 2.38. The van der Waals surface area contributed by atoms with Gasteiger partial charge in [-0.15, -0.1) is 11.3 Å². The van der Waals surface area contributed by atoms with Crippen LogP contribution >= 0.6 is 11.3 Å². The average molecular weight is 419 g/mol. The van der Waals surface area contributed by atoms with Crippen LogP contribution in [0.1, 0.15) is 50.4 Å².